The van der Waals surface area contributed by atoms with Crippen LogP contribution in [0.1, 0.15) is 29.8 Å². The summed E-state index contributed by atoms with van der Waals surface area (Å²) in [6, 6.07) is 9.70. The van der Waals surface area contributed by atoms with Gasteiger partial charge in [0.25, 0.3) is 0 Å². The highest BCUT2D eigenvalue weighted by molar-refractivity contribution is 5.93. The summed E-state index contributed by atoms with van der Waals surface area (Å²) >= 11 is 0. The minimum atomic E-state index is -0.376. The number of hydrogen-bond donors (Lipinski definition) is 1. The molecule has 6 nitrogen and oxygen atoms in total. The van der Waals surface area contributed by atoms with E-state index in [0.717, 1.165) is 5.69 Å². The van der Waals surface area contributed by atoms with Crippen LogP contribution in [0, 0.1) is 13.8 Å². The molecule has 0 bridgehead atoms. The molecule has 1 unspecified atom stereocenters. The molecule has 2 heterocycles. The molecule has 3 aromatic rings. The maximum absolute atomic E-state index is 12.3. The Bertz CT molecular complexity index is 848. The average molecular weight is 323 g/mol. The van der Waals surface area contributed by atoms with Gasteiger partial charge in [0.1, 0.15) is 6.04 Å². The molecular formula is C18H21N5O. The van der Waals surface area contributed by atoms with Gasteiger partial charge in [-0.25, -0.2) is 0 Å². The second kappa shape index (κ2) is 6.70. The van der Waals surface area contributed by atoms with Gasteiger partial charge in [0.2, 0.25) is 5.91 Å². The molecule has 0 aliphatic heterocycles. The van der Waals surface area contributed by atoms with Gasteiger partial charge in [0.15, 0.2) is 0 Å². The highest BCUT2D eigenvalue weighted by atomic mass is 16.2. The van der Waals surface area contributed by atoms with Gasteiger partial charge < -0.3 is 5.32 Å². The van der Waals surface area contributed by atoms with Crippen molar-refractivity contribution < 1.29 is 4.79 Å². The third kappa shape index (κ3) is 3.53. The number of benzene rings is 1. The normalized spacial score (nSPS) is 12.1. The van der Waals surface area contributed by atoms with Crippen molar-refractivity contribution in [2.45, 2.75) is 33.4 Å². The molecule has 0 fully saturated rings. The fourth-order valence-corrected chi connectivity index (χ4v) is 2.49. The topological polar surface area (TPSA) is 64.7 Å². The average Bonchev–Trinajstić information content (AvgIpc) is 3.18. The van der Waals surface area contributed by atoms with E-state index >= 15 is 0 Å². The first-order valence-corrected chi connectivity index (χ1v) is 7.92. The van der Waals surface area contributed by atoms with Crippen LogP contribution in [0.5, 0.6) is 0 Å². The second-order valence-electron chi connectivity index (χ2n) is 5.96. The molecule has 3 rings (SSSR count). The SMILES string of the molecule is Cc1ccn(C(C)C(=O)Nc2cnn(Cc3ccccc3C)c2)n1. The lowest BCUT2D eigenvalue weighted by Crippen LogP contribution is -2.23. The molecule has 0 radical (unpaired) electrons. The van der Waals surface area contributed by atoms with E-state index in [-0.39, 0.29) is 11.9 Å². The van der Waals surface area contributed by atoms with E-state index in [2.05, 4.69) is 34.6 Å². The van der Waals surface area contributed by atoms with Crippen molar-refractivity contribution in [2.24, 2.45) is 0 Å². The van der Waals surface area contributed by atoms with Gasteiger partial charge in [-0.05, 0) is 38.0 Å². The molecule has 0 aliphatic carbocycles. The summed E-state index contributed by atoms with van der Waals surface area (Å²) in [5.41, 5.74) is 4.00. The first-order chi connectivity index (χ1) is 11.5. The third-order valence-corrected chi connectivity index (χ3v) is 4.01. The second-order valence-corrected chi connectivity index (χ2v) is 5.96. The van der Waals surface area contributed by atoms with Crippen molar-refractivity contribution in [3.8, 4) is 0 Å². The molecule has 1 amide bonds. The van der Waals surface area contributed by atoms with Crippen LogP contribution in [-0.4, -0.2) is 25.5 Å². The molecule has 124 valence electrons. The van der Waals surface area contributed by atoms with Gasteiger partial charge >= 0.3 is 0 Å². The monoisotopic (exact) mass is 323 g/mol. The van der Waals surface area contributed by atoms with E-state index in [1.54, 1.807) is 17.1 Å². The van der Waals surface area contributed by atoms with Crippen molar-refractivity contribution in [3.63, 3.8) is 0 Å². The number of anilines is 1. The highest BCUT2D eigenvalue weighted by Gasteiger charge is 2.16. The zero-order valence-electron chi connectivity index (χ0n) is 14.1. The Balaban J connectivity index is 1.65. The molecule has 1 N–H and O–H groups in total. The zero-order chi connectivity index (χ0) is 17.1. The number of nitrogens with zero attached hydrogens (tertiary/aromatic N) is 4. The van der Waals surface area contributed by atoms with Crippen LogP contribution in [-0.2, 0) is 11.3 Å². The molecule has 1 aromatic carbocycles. The Labute approximate surface area is 141 Å². The minimum Gasteiger partial charge on any atom is -0.322 e. The lowest BCUT2D eigenvalue weighted by molar-refractivity contribution is -0.119. The summed E-state index contributed by atoms with van der Waals surface area (Å²) in [6.07, 6.45) is 5.31. The standard InChI is InChI=1S/C18H21N5O/c1-13-6-4-5-7-16(13)11-22-12-17(10-19-22)20-18(24)15(3)23-9-8-14(2)21-23/h4-10,12,15H,11H2,1-3H3,(H,20,24). The van der Waals surface area contributed by atoms with Crippen LogP contribution in [0.15, 0.2) is 48.9 Å². The van der Waals surface area contributed by atoms with E-state index in [1.165, 1.54) is 11.1 Å². The van der Waals surface area contributed by atoms with Crippen molar-refractivity contribution in [1.29, 1.82) is 0 Å². The van der Waals surface area contributed by atoms with E-state index in [4.69, 9.17) is 0 Å². The van der Waals surface area contributed by atoms with Crippen LogP contribution in [0.4, 0.5) is 5.69 Å². The summed E-state index contributed by atoms with van der Waals surface area (Å²) in [4.78, 5) is 12.3. The molecule has 0 saturated heterocycles. The van der Waals surface area contributed by atoms with Gasteiger partial charge in [-0.1, -0.05) is 24.3 Å². The largest absolute Gasteiger partial charge is 0.322 e. The van der Waals surface area contributed by atoms with Crippen molar-refractivity contribution in [1.82, 2.24) is 19.6 Å². The van der Waals surface area contributed by atoms with Gasteiger partial charge in [0.05, 0.1) is 24.1 Å². The van der Waals surface area contributed by atoms with Gasteiger partial charge in [-0.3, -0.25) is 14.2 Å². The molecule has 0 spiro atoms. The van der Waals surface area contributed by atoms with Crippen LogP contribution < -0.4 is 5.32 Å². The maximum atomic E-state index is 12.3. The highest BCUT2D eigenvalue weighted by Crippen LogP contribution is 2.13. The maximum Gasteiger partial charge on any atom is 0.249 e. The van der Waals surface area contributed by atoms with Crippen LogP contribution >= 0.6 is 0 Å². The predicted octanol–water partition coefficient (Wildman–Crippen LogP) is 2.94. The Morgan fingerprint density at radius 2 is 2.04 bits per heavy atom. The van der Waals surface area contributed by atoms with Gasteiger partial charge in [0, 0.05) is 12.4 Å². The third-order valence-electron chi connectivity index (χ3n) is 4.01. The summed E-state index contributed by atoms with van der Waals surface area (Å²) < 4.78 is 3.48. The van der Waals surface area contributed by atoms with E-state index in [0.29, 0.717) is 12.2 Å². The number of aromatic nitrogens is 4. The van der Waals surface area contributed by atoms with Gasteiger partial charge in [-0.2, -0.15) is 10.2 Å². The Hall–Kier alpha value is -2.89. The summed E-state index contributed by atoms with van der Waals surface area (Å²) in [6.45, 7) is 6.47. The van der Waals surface area contributed by atoms with Crippen molar-refractivity contribution in [2.75, 3.05) is 5.32 Å². The Morgan fingerprint density at radius 3 is 2.75 bits per heavy atom. The summed E-state index contributed by atoms with van der Waals surface area (Å²) in [5.74, 6) is -0.117. The van der Waals surface area contributed by atoms with Crippen LogP contribution in [0.2, 0.25) is 0 Å². The van der Waals surface area contributed by atoms with E-state index < -0.39 is 0 Å². The number of amides is 1. The minimum absolute atomic E-state index is 0.117. The fraction of sp³-hybridized carbons (Fsp3) is 0.278. The number of nitrogens with one attached hydrogen (secondary N) is 1. The number of aryl methyl sites for hydroxylation is 2. The quantitative estimate of drug-likeness (QED) is 0.785. The molecule has 2 aromatic heterocycles. The van der Waals surface area contributed by atoms with Crippen LogP contribution in [0.3, 0.4) is 0 Å². The van der Waals surface area contributed by atoms with Crippen molar-refractivity contribution in [3.05, 3.63) is 65.7 Å². The first-order valence-electron chi connectivity index (χ1n) is 7.92. The number of carbonyl (C=O) groups excluding carboxylic acids is 1. The van der Waals surface area contributed by atoms with Crippen LogP contribution in [0.25, 0.3) is 0 Å². The van der Waals surface area contributed by atoms with E-state index in [9.17, 15) is 4.79 Å². The zero-order valence-corrected chi connectivity index (χ0v) is 14.1. The van der Waals surface area contributed by atoms with E-state index in [1.807, 2.05) is 42.9 Å². The Kier molecular flexibility index (Phi) is 4.46. The molecular weight excluding hydrogens is 302 g/mol. The molecule has 1 atom stereocenters. The fourth-order valence-electron chi connectivity index (χ4n) is 2.49. The number of hydrogen-bond acceptors (Lipinski definition) is 3. The number of rotatable bonds is 5. The smallest absolute Gasteiger partial charge is 0.249 e. The Morgan fingerprint density at radius 1 is 1.25 bits per heavy atom. The summed E-state index contributed by atoms with van der Waals surface area (Å²) in [7, 11) is 0. The molecule has 0 aliphatic rings. The van der Waals surface area contributed by atoms with Gasteiger partial charge in [-0.15, -0.1) is 0 Å². The predicted molar refractivity (Wildman–Crippen MR) is 92.8 cm³/mol. The molecule has 0 saturated carbocycles. The first kappa shape index (κ1) is 16.0. The lowest BCUT2D eigenvalue weighted by Gasteiger charge is -2.11. The molecule has 24 heavy (non-hydrogen) atoms. The number of carbonyl (C=O) groups is 1. The van der Waals surface area contributed by atoms with Crippen molar-refractivity contribution >= 4 is 11.6 Å². The lowest BCUT2D eigenvalue weighted by atomic mass is 10.1. The molecule has 6 heteroatoms. The summed E-state index contributed by atoms with van der Waals surface area (Å²) in [5, 5.41) is 11.5.